The molecule has 2 heterocycles. The van der Waals surface area contributed by atoms with Gasteiger partial charge in [0.25, 0.3) is 5.91 Å². The van der Waals surface area contributed by atoms with Crippen LogP contribution in [-0.4, -0.2) is 37.0 Å². The molecular formula is C11H13BrN2O2. The second-order valence-corrected chi connectivity index (χ2v) is 5.43. The third-order valence-corrected chi connectivity index (χ3v) is 3.90. The molecule has 1 aliphatic heterocycles. The van der Waals surface area contributed by atoms with Crippen molar-refractivity contribution in [2.24, 2.45) is 11.8 Å². The molecule has 0 aromatic carbocycles. The molecule has 1 amide bonds. The van der Waals surface area contributed by atoms with Crippen molar-refractivity contribution < 1.29 is 9.21 Å². The SMILES string of the molecule is CN1C[C@H]2C(NC(=O)c3ccc(Br)o3)[C@@H]2C1. The molecule has 1 aromatic heterocycles. The van der Waals surface area contributed by atoms with Crippen molar-refractivity contribution >= 4 is 21.8 Å². The minimum Gasteiger partial charge on any atom is -0.444 e. The minimum atomic E-state index is -0.104. The zero-order chi connectivity index (χ0) is 11.3. The molecule has 0 bridgehead atoms. The lowest BCUT2D eigenvalue weighted by molar-refractivity contribution is 0.0915. The Morgan fingerprint density at radius 2 is 2.19 bits per heavy atom. The van der Waals surface area contributed by atoms with Gasteiger partial charge in [-0.15, -0.1) is 0 Å². The van der Waals surface area contributed by atoms with E-state index in [4.69, 9.17) is 4.42 Å². The Hall–Kier alpha value is -0.810. The molecule has 5 heteroatoms. The fourth-order valence-corrected chi connectivity index (χ4v) is 2.92. The minimum absolute atomic E-state index is 0.104. The van der Waals surface area contributed by atoms with E-state index in [1.165, 1.54) is 0 Å². The van der Waals surface area contributed by atoms with Gasteiger partial charge in [-0.05, 0) is 46.9 Å². The number of hydrogen-bond donors (Lipinski definition) is 1. The van der Waals surface area contributed by atoms with Crippen molar-refractivity contribution in [1.82, 2.24) is 10.2 Å². The molecule has 1 saturated carbocycles. The largest absolute Gasteiger partial charge is 0.444 e. The van der Waals surface area contributed by atoms with Crippen molar-refractivity contribution in [2.75, 3.05) is 20.1 Å². The fraction of sp³-hybridized carbons (Fsp3) is 0.545. The van der Waals surface area contributed by atoms with Gasteiger partial charge in [-0.1, -0.05) is 0 Å². The van der Waals surface area contributed by atoms with E-state index >= 15 is 0 Å². The van der Waals surface area contributed by atoms with Gasteiger partial charge in [0, 0.05) is 19.1 Å². The number of furan rings is 1. The fourth-order valence-electron chi connectivity index (χ4n) is 2.61. The van der Waals surface area contributed by atoms with E-state index in [2.05, 4.69) is 33.2 Å². The Labute approximate surface area is 102 Å². The number of piperidine rings is 1. The number of amides is 1. The van der Waals surface area contributed by atoms with Crippen molar-refractivity contribution in [3.05, 3.63) is 22.6 Å². The number of halogens is 1. The summed E-state index contributed by atoms with van der Waals surface area (Å²) in [5.41, 5.74) is 0. The molecule has 86 valence electrons. The predicted molar refractivity (Wildman–Crippen MR) is 62.1 cm³/mol. The van der Waals surface area contributed by atoms with E-state index in [9.17, 15) is 4.79 Å². The summed E-state index contributed by atoms with van der Waals surface area (Å²) in [6.07, 6.45) is 0. The lowest BCUT2D eigenvalue weighted by atomic mass is 10.3. The second-order valence-electron chi connectivity index (χ2n) is 4.65. The molecule has 4 nitrogen and oxygen atoms in total. The van der Waals surface area contributed by atoms with Gasteiger partial charge < -0.3 is 14.6 Å². The van der Waals surface area contributed by atoms with E-state index in [1.807, 2.05) is 0 Å². The maximum Gasteiger partial charge on any atom is 0.287 e. The van der Waals surface area contributed by atoms with E-state index in [1.54, 1.807) is 12.1 Å². The van der Waals surface area contributed by atoms with Crippen molar-refractivity contribution in [2.45, 2.75) is 6.04 Å². The Balaban J connectivity index is 1.59. The van der Waals surface area contributed by atoms with E-state index in [0.29, 0.717) is 28.3 Å². The number of fused-ring (bicyclic) bond motifs is 1. The number of likely N-dealkylation sites (tertiary alicyclic amines) is 1. The molecule has 0 unspecified atom stereocenters. The zero-order valence-electron chi connectivity index (χ0n) is 8.94. The first-order valence-corrected chi connectivity index (χ1v) is 6.19. The van der Waals surface area contributed by atoms with Crippen molar-refractivity contribution in [1.29, 1.82) is 0 Å². The van der Waals surface area contributed by atoms with Crippen LogP contribution in [0.1, 0.15) is 10.6 Å². The van der Waals surface area contributed by atoms with E-state index in [-0.39, 0.29) is 5.91 Å². The second kappa shape index (κ2) is 3.60. The van der Waals surface area contributed by atoms with Gasteiger partial charge in [0.2, 0.25) is 0 Å². The molecule has 1 saturated heterocycles. The maximum absolute atomic E-state index is 11.8. The first-order chi connectivity index (χ1) is 7.65. The average molecular weight is 285 g/mol. The molecule has 1 aromatic rings. The molecule has 1 aliphatic carbocycles. The highest BCUT2D eigenvalue weighted by Gasteiger charge is 2.55. The predicted octanol–water partition coefficient (Wildman–Crippen LogP) is 1.33. The molecule has 3 rings (SSSR count). The Morgan fingerprint density at radius 3 is 2.75 bits per heavy atom. The Bertz CT molecular complexity index is 419. The highest BCUT2D eigenvalue weighted by atomic mass is 79.9. The third kappa shape index (κ3) is 1.68. The van der Waals surface area contributed by atoms with Gasteiger partial charge in [-0.3, -0.25) is 4.79 Å². The molecule has 16 heavy (non-hydrogen) atoms. The molecule has 2 fully saturated rings. The summed E-state index contributed by atoms with van der Waals surface area (Å²) in [7, 11) is 2.12. The summed E-state index contributed by atoms with van der Waals surface area (Å²) in [5.74, 6) is 1.57. The summed E-state index contributed by atoms with van der Waals surface area (Å²) in [5, 5.41) is 3.03. The Morgan fingerprint density at radius 1 is 1.50 bits per heavy atom. The van der Waals surface area contributed by atoms with Gasteiger partial charge in [0.05, 0.1) is 0 Å². The first-order valence-electron chi connectivity index (χ1n) is 5.40. The molecule has 0 radical (unpaired) electrons. The van der Waals surface area contributed by atoms with Crippen LogP contribution in [0.3, 0.4) is 0 Å². The van der Waals surface area contributed by atoms with Crippen LogP contribution in [0.2, 0.25) is 0 Å². The highest BCUT2D eigenvalue weighted by molar-refractivity contribution is 9.10. The van der Waals surface area contributed by atoms with Crippen LogP contribution in [0, 0.1) is 11.8 Å². The van der Waals surface area contributed by atoms with Crippen molar-refractivity contribution in [3.8, 4) is 0 Å². The first kappa shape index (κ1) is 10.4. The summed E-state index contributed by atoms with van der Waals surface area (Å²) in [6.45, 7) is 2.19. The van der Waals surface area contributed by atoms with Crippen LogP contribution >= 0.6 is 15.9 Å². The lowest BCUT2D eigenvalue weighted by Gasteiger charge is -2.13. The summed E-state index contributed by atoms with van der Waals surface area (Å²) >= 11 is 3.19. The van der Waals surface area contributed by atoms with Gasteiger partial charge >= 0.3 is 0 Å². The van der Waals surface area contributed by atoms with Crippen LogP contribution in [0.25, 0.3) is 0 Å². The van der Waals surface area contributed by atoms with Crippen LogP contribution in [0.4, 0.5) is 0 Å². The number of carbonyl (C=O) groups excluding carboxylic acids is 1. The number of hydrogen-bond acceptors (Lipinski definition) is 3. The smallest absolute Gasteiger partial charge is 0.287 e. The third-order valence-electron chi connectivity index (χ3n) is 3.47. The standard InChI is InChI=1S/C11H13BrN2O2/c1-14-4-6-7(5-14)10(6)13-11(15)8-2-3-9(12)16-8/h2-3,6-7,10H,4-5H2,1H3,(H,13,15)/t6-,7-/m1/s1. The van der Waals surface area contributed by atoms with Crippen LogP contribution < -0.4 is 5.32 Å². The van der Waals surface area contributed by atoms with Crippen LogP contribution in [0.5, 0.6) is 0 Å². The number of nitrogens with zero attached hydrogens (tertiary/aromatic N) is 1. The quantitative estimate of drug-likeness (QED) is 0.891. The molecule has 2 aliphatic rings. The van der Waals surface area contributed by atoms with E-state index < -0.39 is 0 Å². The highest BCUT2D eigenvalue weighted by Crippen LogP contribution is 2.44. The number of nitrogens with one attached hydrogen (secondary N) is 1. The van der Waals surface area contributed by atoms with Crippen LogP contribution in [0.15, 0.2) is 21.2 Å². The van der Waals surface area contributed by atoms with Crippen LogP contribution in [-0.2, 0) is 0 Å². The van der Waals surface area contributed by atoms with Gasteiger partial charge in [0.15, 0.2) is 10.4 Å². The summed E-state index contributed by atoms with van der Waals surface area (Å²) in [4.78, 5) is 14.1. The maximum atomic E-state index is 11.8. The lowest BCUT2D eigenvalue weighted by Crippen LogP contribution is -2.33. The van der Waals surface area contributed by atoms with Crippen molar-refractivity contribution in [3.63, 3.8) is 0 Å². The van der Waals surface area contributed by atoms with Gasteiger partial charge in [-0.2, -0.15) is 0 Å². The summed E-state index contributed by atoms with van der Waals surface area (Å²) < 4.78 is 5.80. The van der Waals surface area contributed by atoms with E-state index in [0.717, 1.165) is 13.1 Å². The molecular weight excluding hydrogens is 272 g/mol. The monoisotopic (exact) mass is 284 g/mol. The normalized spacial score (nSPS) is 32.5. The molecule has 0 spiro atoms. The molecule has 1 N–H and O–H groups in total. The van der Waals surface area contributed by atoms with Gasteiger partial charge in [0.1, 0.15) is 0 Å². The average Bonchev–Trinajstić information content (AvgIpc) is 2.68. The number of rotatable bonds is 2. The number of carbonyl (C=O) groups is 1. The summed E-state index contributed by atoms with van der Waals surface area (Å²) in [6, 6.07) is 3.77. The topological polar surface area (TPSA) is 45.5 Å². The van der Waals surface area contributed by atoms with Gasteiger partial charge in [-0.25, -0.2) is 0 Å². The Kier molecular flexibility index (Phi) is 2.33. The molecule has 2 atom stereocenters. The zero-order valence-corrected chi connectivity index (χ0v) is 10.5.